The predicted octanol–water partition coefficient (Wildman–Crippen LogP) is 1.55. The van der Waals surface area contributed by atoms with Crippen LogP contribution in [-0.4, -0.2) is 22.9 Å². The van der Waals surface area contributed by atoms with E-state index in [2.05, 4.69) is 6.07 Å². The van der Waals surface area contributed by atoms with E-state index >= 15 is 0 Å². The molecule has 1 aliphatic heterocycles. The Bertz CT molecular complexity index is 310. The van der Waals surface area contributed by atoms with Crippen molar-refractivity contribution >= 4 is 5.91 Å². The minimum Gasteiger partial charge on any atom is -0.323 e. The van der Waals surface area contributed by atoms with Gasteiger partial charge in [0.15, 0.2) is 0 Å². The van der Waals surface area contributed by atoms with Crippen LogP contribution in [0.15, 0.2) is 0 Å². The fourth-order valence-corrected chi connectivity index (χ4v) is 2.25. The number of likely N-dealkylation sites (tertiary alicyclic amines) is 1. The minimum atomic E-state index is -0.355. The van der Waals surface area contributed by atoms with E-state index in [9.17, 15) is 4.79 Å². The monoisotopic (exact) mass is 192 g/mol. The molecular weight excluding hydrogens is 176 g/mol. The van der Waals surface area contributed by atoms with Gasteiger partial charge < -0.3 is 4.90 Å². The molecule has 2 rings (SSSR count). The highest BCUT2D eigenvalue weighted by atomic mass is 16.2. The number of carbonyl (C=O) groups is 1. The molecule has 1 aliphatic carbocycles. The molecule has 2 aliphatic rings. The second-order valence-corrected chi connectivity index (χ2v) is 5.41. The zero-order valence-electron chi connectivity index (χ0n) is 8.95. The maximum atomic E-state index is 12.0. The van der Waals surface area contributed by atoms with Gasteiger partial charge in [-0.25, -0.2) is 0 Å². The molecule has 0 radical (unpaired) electrons. The van der Waals surface area contributed by atoms with Crippen LogP contribution in [0.3, 0.4) is 0 Å². The van der Waals surface area contributed by atoms with Crippen LogP contribution in [0.4, 0.5) is 0 Å². The normalized spacial score (nSPS) is 35.0. The molecule has 3 atom stereocenters. The Morgan fingerprint density at radius 3 is 2.57 bits per heavy atom. The number of fused-ring (bicyclic) bond motifs is 1. The number of nitrogens with zero attached hydrogens (tertiary/aromatic N) is 2. The highest BCUT2D eigenvalue weighted by molar-refractivity contribution is 5.83. The summed E-state index contributed by atoms with van der Waals surface area (Å²) in [6, 6.07) is 2.45. The lowest BCUT2D eigenvalue weighted by Crippen LogP contribution is -2.44. The molecule has 0 aromatic rings. The lowest BCUT2D eigenvalue weighted by atomic mass is 9.94. The largest absolute Gasteiger partial charge is 0.323 e. The molecule has 0 bridgehead atoms. The van der Waals surface area contributed by atoms with Crippen LogP contribution in [-0.2, 0) is 4.79 Å². The molecule has 0 aromatic heterocycles. The van der Waals surface area contributed by atoms with Gasteiger partial charge in [0.1, 0.15) is 6.04 Å². The van der Waals surface area contributed by atoms with Crippen molar-refractivity contribution in [1.29, 1.82) is 5.26 Å². The van der Waals surface area contributed by atoms with E-state index in [0.717, 1.165) is 12.8 Å². The van der Waals surface area contributed by atoms with E-state index in [-0.39, 0.29) is 17.4 Å². The van der Waals surface area contributed by atoms with Gasteiger partial charge in [-0.1, -0.05) is 20.8 Å². The predicted molar refractivity (Wildman–Crippen MR) is 52.2 cm³/mol. The summed E-state index contributed by atoms with van der Waals surface area (Å²) in [5.41, 5.74) is -0.355. The summed E-state index contributed by atoms with van der Waals surface area (Å²) in [5, 5.41) is 8.95. The van der Waals surface area contributed by atoms with Crippen LogP contribution in [0.1, 0.15) is 33.6 Å². The van der Waals surface area contributed by atoms with E-state index in [0.29, 0.717) is 12.0 Å². The van der Waals surface area contributed by atoms with Gasteiger partial charge in [-0.3, -0.25) is 4.79 Å². The first-order valence-electron chi connectivity index (χ1n) is 5.17. The fraction of sp³-hybridized carbons (Fsp3) is 0.818. The fourth-order valence-electron chi connectivity index (χ4n) is 2.25. The van der Waals surface area contributed by atoms with Crippen molar-refractivity contribution in [2.45, 2.75) is 45.7 Å². The molecule has 3 heteroatoms. The average molecular weight is 192 g/mol. The van der Waals surface area contributed by atoms with Crippen molar-refractivity contribution in [1.82, 2.24) is 4.90 Å². The number of amides is 1. The Balaban J connectivity index is 2.17. The van der Waals surface area contributed by atoms with Gasteiger partial charge in [0.2, 0.25) is 5.91 Å². The van der Waals surface area contributed by atoms with Gasteiger partial charge in [-0.2, -0.15) is 5.26 Å². The lowest BCUT2D eigenvalue weighted by molar-refractivity contribution is -0.140. The van der Waals surface area contributed by atoms with Crippen LogP contribution in [0.2, 0.25) is 0 Å². The summed E-state index contributed by atoms with van der Waals surface area (Å²) in [6.07, 6.45) is 2.00. The molecule has 0 spiro atoms. The topological polar surface area (TPSA) is 44.1 Å². The Labute approximate surface area is 84.7 Å². The quantitative estimate of drug-likeness (QED) is 0.584. The highest BCUT2D eigenvalue weighted by Gasteiger charge is 2.55. The van der Waals surface area contributed by atoms with Gasteiger partial charge in [0.25, 0.3) is 0 Å². The van der Waals surface area contributed by atoms with E-state index in [4.69, 9.17) is 5.26 Å². The van der Waals surface area contributed by atoms with E-state index < -0.39 is 0 Å². The smallest absolute Gasteiger partial charge is 0.229 e. The molecule has 2 fully saturated rings. The van der Waals surface area contributed by atoms with Crippen molar-refractivity contribution in [3.63, 3.8) is 0 Å². The Hall–Kier alpha value is -1.04. The number of hydrogen-bond acceptors (Lipinski definition) is 2. The molecule has 1 amide bonds. The molecule has 1 saturated carbocycles. The van der Waals surface area contributed by atoms with E-state index in [1.165, 1.54) is 0 Å². The number of piperidine rings is 1. The summed E-state index contributed by atoms with van der Waals surface area (Å²) in [4.78, 5) is 13.9. The Morgan fingerprint density at radius 1 is 1.43 bits per heavy atom. The first-order valence-corrected chi connectivity index (χ1v) is 5.17. The van der Waals surface area contributed by atoms with Crippen molar-refractivity contribution < 1.29 is 4.79 Å². The zero-order chi connectivity index (χ0) is 10.5. The third-order valence-electron chi connectivity index (χ3n) is 3.13. The Kier molecular flexibility index (Phi) is 1.85. The number of rotatable bonds is 0. The van der Waals surface area contributed by atoms with Crippen molar-refractivity contribution in [3.05, 3.63) is 0 Å². The van der Waals surface area contributed by atoms with Crippen LogP contribution in [0.25, 0.3) is 0 Å². The van der Waals surface area contributed by atoms with Gasteiger partial charge in [0.05, 0.1) is 6.07 Å². The van der Waals surface area contributed by atoms with Gasteiger partial charge in [0, 0.05) is 11.5 Å². The lowest BCUT2D eigenvalue weighted by Gasteiger charge is -2.29. The maximum Gasteiger partial charge on any atom is 0.229 e. The third-order valence-corrected chi connectivity index (χ3v) is 3.13. The van der Waals surface area contributed by atoms with Crippen LogP contribution in [0.5, 0.6) is 0 Å². The summed E-state index contributed by atoms with van der Waals surface area (Å²) >= 11 is 0. The van der Waals surface area contributed by atoms with Crippen LogP contribution < -0.4 is 0 Å². The number of nitriles is 1. The zero-order valence-corrected chi connectivity index (χ0v) is 8.95. The van der Waals surface area contributed by atoms with Gasteiger partial charge in [-0.15, -0.1) is 0 Å². The third kappa shape index (κ3) is 1.30. The molecule has 14 heavy (non-hydrogen) atoms. The first kappa shape index (κ1) is 9.51. The molecule has 0 unspecified atom stereocenters. The number of hydrogen-bond donors (Lipinski definition) is 0. The molecule has 1 heterocycles. The second-order valence-electron chi connectivity index (χ2n) is 5.41. The van der Waals surface area contributed by atoms with E-state index in [1.807, 2.05) is 25.7 Å². The van der Waals surface area contributed by atoms with Crippen LogP contribution in [0, 0.1) is 22.7 Å². The van der Waals surface area contributed by atoms with Crippen molar-refractivity contribution in [2.75, 3.05) is 0 Å². The average Bonchev–Trinajstić information content (AvgIpc) is 2.75. The first-order chi connectivity index (χ1) is 6.45. The molecule has 3 nitrogen and oxygen atoms in total. The molecular formula is C11H16N2O. The standard InChI is InChI=1S/C11H16N2O/c1-11(2,3)10(14)13-8(6-12)4-7-5-9(7)13/h7-9H,4-5H2,1-3H3/t7-,8-,9+/m0/s1. The molecule has 0 aromatic carbocycles. The summed E-state index contributed by atoms with van der Waals surface area (Å²) in [5.74, 6) is 0.750. The SMILES string of the molecule is CC(C)(C)C(=O)N1[C@H](C#N)C[C@H]2C[C@H]21. The molecule has 76 valence electrons. The van der Waals surface area contributed by atoms with Crippen molar-refractivity contribution in [2.24, 2.45) is 11.3 Å². The number of carbonyl (C=O) groups excluding carboxylic acids is 1. The maximum absolute atomic E-state index is 12.0. The summed E-state index contributed by atoms with van der Waals surface area (Å²) in [7, 11) is 0. The summed E-state index contributed by atoms with van der Waals surface area (Å²) in [6.45, 7) is 5.75. The Morgan fingerprint density at radius 2 is 2.07 bits per heavy atom. The van der Waals surface area contributed by atoms with Crippen LogP contribution >= 0.6 is 0 Å². The van der Waals surface area contributed by atoms with Gasteiger partial charge in [-0.05, 0) is 18.8 Å². The van der Waals surface area contributed by atoms with Gasteiger partial charge >= 0.3 is 0 Å². The molecule has 0 N–H and O–H groups in total. The molecule has 1 saturated heterocycles. The highest BCUT2D eigenvalue weighted by Crippen LogP contribution is 2.48. The summed E-state index contributed by atoms with van der Waals surface area (Å²) < 4.78 is 0. The second kappa shape index (κ2) is 2.73. The van der Waals surface area contributed by atoms with Crippen molar-refractivity contribution in [3.8, 4) is 6.07 Å². The minimum absolute atomic E-state index is 0.133. The van der Waals surface area contributed by atoms with E-state index in [1.54, 1.807) is 0 Å².